The predicted molar refractivity (Wildman–Crippen MR) is 65.6 cm³/mol. The van der Waals surface area contributed by atoms with Crippen LogP contribution in [0, 0.1) is 5.92 Å². The van der Waals surface area contributed by atoms with Gasteiger partial charge in [-0.2, -0.15) is 0 Å². The first-order valence-electron chi connectivity index (χ1n) is 5.88. The Morgan fingerprint density at radius 1 is 1.31 bits per heavy atom. The van der Waals surface area contributed by atoms with Crippen LogP contribution in [0.5, 0.6) is 0 Å². The van der Waals surface area contributed by atoms with Crippen LogP contribution in [-0.2, 0) is 11.2 Å². The molecule has 0 N–H and O–H groups in total. The van der Waals surface area contributed by atoms with E-state index >= 15 is 0 Å². The minimum Gasteiger partial charge on any atom is -0.465 e. The number of ether oxygens (including phenoxy) is 1. The fraction of sp³-hybridized carbons (Fsp3) is 0.500. The lowest BCUT2D eigenvalue weighted by atomic mass is 9.94. The largest absolute Gasteiger partial charge is 0.465 e. The highest BCUT2D eigenvalue weighted by Crippen LogP contribution is 2.16. The summed E-state index contributed by atoms with van der Waals surface area (Å²) in [5, 5.41) is 0. The van der Waals surface area contributed by atoms with Crippen LogP contribution >= 0.6 is 0 Å². The molecule has 0 aliphatic carbocycles. The van der Waals surface area contributed by atoms with Gasteiger partial charge in [-0.05, 0) is 30.0 Å². The number of methoxy groups -OCH3 is 1. The normalized spacial score (nSPS) is 10.5. The zero-order chi connectivity index (χ0) is 12.0. The smallest absolute Gasteiger partial charge is 0.337 e. The highest BCUT2D eigenvalue weighted by molar-refractivity contribution is 5.89. The monoisotopic (exact) mass is 220 g/mol. The zero-order valence-corrected chi connectivity index (χ0v) is 10.3. The van der Waals surface area contributed by atoms with Crippen molar-refractivity contribution < 1.29 is 9.53 Å². The van der Waals surface area contributed by atoms with Crippen molar-refractivity contribution in [1.29, 1.82) is 0 Å². The summed E-state index contributed by atoms with van der Waals surface area (Å²) in [5.74, 6) is 0.444. The van der Waals surface area contributed by atoms with Crippen LogP contribution in [0.15, 0.2) is 24.3 Å². The van der Waals surface area contributed by atoms with Crippen LogP contribution in [0.1, 0.15) is 42.6 Å². The van der Waals surface area contributed by atoms with E-state index in [1.54, 1.807) is 6.07 Å². The highest BCUT2D eigenvalue weighted by Gasteiger charge is 2.08. The second-order valence-electron chi connectivity index (χ2n) is 4.08. The van der Waals surface area contributed by atoms with Crippen molar-refractivity contribution >= 4 is 5.97 Å². The molecule has 0 aromatic heterocycles. The standard InChI is InChI=1S/C14H20O2/c1-4-11(5-2)9-12-7-6-8-13(10-12)14(15)16-3/h6-8,10-11H,4-5,9H2,1-3H3. The zero-order valence-electron chi connectivity index (χ0n) is 10.3. The third-order valence-electron chi connectivity index (χ3n) is 3.03. The molecule has 0 aliphatic rings. The van der Waals surface area contributed by atoms with Crippen LogP contribution in [0.4, 0.5) is 0 Å². The molecule has 0 unspecified atom stereocenters. The van der Waals surface area contributed by atoms with Crippen LogP contribution in [0.3, 0.4) is 0 Å². The van der Waals surface area contributed by atoms with E-state index in [4.69, 9.17) is 4.74 Å². The third kappa shape index (κ3) is 3.37. The summed E-state index contributed by atoms with van der Waals surface area (Å²) in [6, 6.07) is 7.72. The molecule has 1 aromatic rings. The minimum atomic E-state index is -0.258. The first-order chi connectivity index (χ1) is 7.71. The summed E-state index contributed by atoms with van der Waals surface area (Å²) < 4.78 is 4.71. The van der Waals surface area contributed by atoms with E-state index in [1.165, 1.54) is 25.5 Å². The van der Waals surface area contributed by atoms with Gasteiger partial charge < -0.3 is 4.74 Å². The van der Waals surface area contributed by atoms with Crippen molar-refractivity contribution in [2.24, 2.45) is 5.92 Å². The van der Waals surface area contributed by atoms with Gasteiger partial charge in [-0.25, -0.2) is 4.79 Å². The molecule has 0 aliphatic heterocycles. The van der Waals surface area contributed by atoms with Crippen molar-refractivity contribution in [3.05, 3.63) is 35.4 Å². The third-order valence-corrected chi connectivity index (χ3v) is 3.03. The first-order valence-corrected chi connectivity index (χ1v) is 5.88. The summed E-state index contributed by atoms with van der Waals surface area (Å²) in [5.41, 5.74) is 1.86. The van der Waals surface area contributed by atoms with E-state index in [0.717, 1.165) is 6.42 Å². The summed E-state index contributed by atoms with van der Waals surface area (Å²) >= 11 is 0. The van der Waals surface area contributed by atoms with Crippen molar-refractivity contribution in [1.82, 2.24) is 0 Å². The molecule has 0 amide bonds. The van der Waals surface area contributed by atoms with Gasteiger partial charge in [-0.1, -0.05) is 38.8 Å². The molecule has 0 spiro atoms. The van der Waals surface area contributed by atoms with Gasteiger partial charge in [-0.15, -0.1) is 0 Å². The Kier molecular flexibility index (Phi) is 5.03. The molecule has 0 fully saturated rings. The molecule has 2 nitrogen and oxygen atoms in total. The van der Waals surface area contributed by atoms with Gasteiger partial charge in [0.1, 0.15) is 0 Å². The van der Waals surface area contributed by atoms with Gasteiger partial charge in [0.25, 0.3) is 0 Å². The minimum absolute atomic E-state index is 0.258. The van der Waals surface area contributed by atoms with Gasteiger partial charge in [0.15, 0.2) is 0 Å². The second-order valence-corrected chi connectivity index (χ2v) is 4.08. The van der Waals surface area contributed by atoms with Crippen LogP contribution in [0.2, 0.25) is 0 Å². The van der Waals surface area contributed by atoms with E-state index in [0.29, 0.717) is 11.5 Å². The van der Waals surface area contributed by atoms with E-state index in [2.05, 4.69) is 19.9 Å². The summed E-state index contributed by atoms with van der Waals surface area (Å²) in [6.07, 6.45) is 3.40. The molecule has 16 heavy (non-hydrogen) atoms. The Bertz CT molecular complexity index is 340. The maximum Gasteiger partial charge on any atom is 0.337 e. The average Bonchev–Trinajstić information content (AvgIpc) is 2.35. The van der Waals surface area contributed by atoms with Crippen molar-refractivity contribution in [3.63, 3.8) is 0 Å². The van der Waals surface area contributed by atoms with E-state index in [1.807, 2.05) is 12.1 Å². The Morgan fingerprint density at radius 2 is 2.00 bits per heavy atom. The molecule has 1 aromatic carbocycles. The Balaban J connectivity index is 2.78. The first kappa shape index (κ1) is 12.8. The topological polar surface area (TPSA) is 26.3 Å². The van der Waals surface area contributed by atoms with Crippen LogP contribution < -0.4 is 0 Å². The molecule has 88 valence electrons. The quantitative estimate of drug-likeness (QED) is 0.710. The van der Waals surface area contributed by atoms with Crippen molar-refractivity contribution in [3.8, 4) is 0 Å². The van der Waals surface area contributed by atoms with Crippen LogP contribution in [0.25, 0.3) is 0 Å². The molecule has 0 atom stereocenters. The van der Waals surface area contributed by atoms with Gasteiger partial charge in [0.2, 0.25) is 0 Å². The van der Waals surface area contributed by atoms with Crippen LogP contribution in [-0.4, -0.2) is 13.1 Å². The number of carbonyl (C=O) groups is 1. The molecular weight excluding hydrogens is 200 g/mol. The van der Waals surface area contributed by atoms with E-state index < -0.39 is 0 Å². The number of hydrogen-bond acceptors (Lipinski definition) is 2. The molecule has 0 heterocycles. The molecule has 2 heteroatoms. The Morgan fingerprint density at radius 3 is 2.56 bits per heavy atom. The van der Waals surface area contributed by atoms with Crippen molar-refractivity contribution in [2.45, 2.75) is 33.1 Å². The second kappa shape index (κ2) is 6.31. The van der Waals surface area contributed by atoms with E-state index in [9.17, 15) is 4.79 Å². The number of carbonyl (C=O) groups excluding carboxylic acids is 1. The van der Waals surface area contributed by atoms with Gasteiger partial charge in [0, 0.05) is 0 Å². The lowest BCUT2D eigenvalue weighted by Gasteiger charge is -2.12. The fourth-order valence-corrected chi connectivity index (χ4v) is 1.85. The Hall–Kier alpha value is -1.31. The highest BCUT2D eigenvalue weighted by atomic mass is 16.5. The molecule has 0 saturated heterocycles. The number of hydrogen-bond donors (Lipinski definition) is 0. The number of rotatable bonds is 5. The van der Waals surface area contributed by atoms with E-state index in [-0.39, 0.29) is 5.97 Å². The fourth-order valence-electron chi connectivity index (χ4n) is 1.85. The van der Waals surface area contributed by atoms with Gasteiger partial charge >= 0.3 is 5.97 Å². The van der Waals surface area contributed by atoms with Crippen molar-refractivity contribution in [2.75, 3.05) is 7.11 Å². The average molecular weight is 220 g/mol. The summed E-state index contributed by atoms with van der Waals surface area (Å²) in [6.45, 7) is 4.41. The molecule has 0 saturated carbocycles. The lowest BCUT2D eigenvalue weighted by Crippen LogP contribution is -2.05. The van der Waals surface area contributed by atoms with Gasteiger partial charge in [-0.3, -0.25) is 0 Å². The summed E-state index contributed by atoms with van der Waals surface area (Å²) in [7, 11) is 1.41. The number of esters is 1. The molecule has 0 bridgehead atoms. The molecule has 0 radical (unpaired) electrons. The SMILES string of the molecule is CCC(CC)Cc1cccc(C(=O)OC)c1. The maximum absolute atomic E-state index is 11.4. The Labute approximate surface area is 97.6 Å². The predicted octanol–water partition coefficient (Wildman–Crippen LogP) is 3.45. The number of benzene rings is 1. The van der Waals surface area contributed by atoms with Gasteiger partial charge in [0.05, 0.1) is 12.7 Å². The molecular formula is C14H20O2. The summed E-state index contributed by atoms with van der Waals surface area (Å²) in [4.78, 5) is 11.4. The molecule has 1 rings (SSSR count). The maximum atomic E-state index is 11.4. The lowest BCUT2D eigenvalue weighted by molar-refractivity contribution is 0.0600.